The van der Waals surface area contributed by atoms with Crippen LogP contribution in [0.2, 0.25) is 0 Å². The molecule has 0 radical (unpaired) electrons. The van der Waals surface area contributed by atoms with Crippen molar-refractivity contribution in [3.05, 3.63) is 12.4 Å². The van der Waals surface area contributed by atoms with Crippen molar-refractivity contribution in [3.8, 4) is 0 Å². The second-order valence-electron chi connectivity index (χ2n) is 3.11. The van der Waals surface area contributed by atoms with Gasteiger partial charge in [0.1, 0.15) is 10.8 Å². The Morgan fingerprint density at radius 2 is 2.08 bits per heavy atom. The van der Waals surface area contributed by atoms with Gasteiger partial charge in [-0.05, 0) is 19.1 Å². The average molecular weight is 195 g/mol. The minimum absolute atomic E-state index is 1.00. The second kappa shape index (κ2) is 3.96. The SMILES string of the molecule is CSc1cncc(N2CCCC2)n1. The molecule has 0 amide bonds. The number of nitrogens with zero attached hydrogens (tertiary/aromatic N) is 3. The fraction of sp³-hybridized carbons (Fsp3) is 0.556. The van der Waals surface area contributed by atoms with Crippen LogP contribution in [0.3, 0.4) is 0 Å². The third-order valence-electron chi connectivity index (χ3n) is 2.24. The highest BCUT2D eigenvalue weighted by Gasteiger charge is 2.13. The molecule has 1 aliphatic heterocycles. The molecular weight excluding hydrogens is 182 g/mol. The van der Waals surface area contributed by atoms with Crippen LogP contribution in [0.15, 0.2) is 17.4 Å². The molecule has 13 heavy (non-hydrogen) atoms. The van der Waals surface area contributed by atoms with E-state index in [1.807, 2.05) is 18.6 Å². The fourth-order valence-electron chi connectivity index (χ4n) is 1.54. The first-order chi connectivity index (χ1) is 6.40. The van der Waals surface area contributed by atoms with E-state index >= 15 is 0 Å². The first kappa shape index (κ1) is 8.81. The van der Waals surface area contributed by atoms with Crippen molar-refractivity contribution in [1.29, 1.82) is 0 Å². The monoisotopic (exact) mass is 195 g/mol. The summed E-state index contributed by atoms with van der Waals surface area (Å²) in [5.41, 5.74) is 0. The predicted octanol–water partition coefficient (Wildman–Crippen LogP) is 1.80. The number of hydrogen-bond acceptors (Lipinski definition) is 4. The molecule has 1 aromatic rings. The van der Waals surface area contributed by atoms with Crippen LogP contribution in [0.4, 0.5) is 5.82 Å². The molecule has 0 spiro atoms. The summed E-state index contributed by atoms with van der Waals surface area (Å²) in [6.07, 6.45) is 8.25. The molecule has 0 aromatic carbocycles. The highest BCUT2D eigenvalue weighted by Crippen LogP contribution is 2.19. The lowest BCUT2D eigenvalue weighted by Crippen LogP contribution is -2.19. The summed E-state index contributed by atoms with van der Waals surface area (Å²) in [5, 5.41) is 1.00. The summed E-state index contributed by atoms with van der Waals surface area (Å²) < 4.78 is 0. The van der Waals surface area contributed by atoms with Crippen molar-refractivity contribution in [1.82, 2.24) is 9.97 Å². The molecule has 1 saturated heterocycles. The zero-order valence-corrected chi connectivity index (χ0v) is 8.55. The number of anilines is 1. The van der Waals surface area contributed by atoms with Gasteiger partial charge < -0.3 is 4.90 Å². The standard InChI is InChI=1S/C9H13N3S/c1-13-9-7-10-6-8(11-9)12-4-2-3-5-12/h6-7H,2-5H2,1H3. The largest absolute Gasteiger partial charge is 0.355 e. The number of aromatic nitrogens is 2. The van der Waals surface area contributed by atoms with Gasteiger partial charge in [0.2, 0.25) is 0 Å². The molecule has 3 nitrogen and oxygen atoms in total. The van der Waals surface area contributed by atoms with Gasteiger partial charge in [0.15, 0.2) is 0 Å². The first-order valence-corrected chi connectivity index (χ1v) is 5.73. The highest BCUT2D eigenvalue weighted by atomic mass is 32.2. The van der Waals surface area contributed by atoms with E-state index in [-0.39, 0.29) is 0 Å². The van der Waals surface area contributed by atoms with E-state index in [1.54, 1.807) is 11.8 Å². The maximum Gasteiger partial charge on any atom is 0.148 e. The molecule has 0 aliphatic carbocycles. The van der Waals surface area contributed by atoms with E-state index in [9.17, 15) is 0 Å². The van der Waals surface area contributed by atoms with Gasteiger partial charge in [-0.2, -0.15) is 0 Å². The fourth-order valence-corrected chi connectivity index (χ4v) is 1.89. The van der Waals surface area contributed by atoms with Crippen LogP contribution < -0.4 is 4.90 Å². The van der Waals surface area contributed by atoms with Crippen molar-refractivity contribution < 1.29 is 0 Å². The molecule has 2 rings (SSSR count). The quantitative estimate of drug-likeness (QED) is 0.673. The van der Waals surface area contributed by atoms with Crippen molar-refractivity contribution in [2.75, 3.05) is 24.2 Å². The Labute approximate surface area is 82.6 Å². The summed E-state index contributed by atoms with van der Waals surface area (Å²) in [6, 6.07) is 0. The van der Waals surface area contributed by atoms with E-state index in [0.717, 1.165) is 23.9 Å². The van der Waals surface area contributed by atoms with Crippen LogP contribution in [0.1, 0.15) is 12.8 Å². The van der Waals surface area contributed by atoms with Gasteiger partial charge in [-0.3, -0.25) is 4.98 Å². The molecule has 0 N–H and O–H groups in total. The summed E-state index contributed by atoms with van der Waals surface area (Å²) in [7, 11) is 0. The summed E-state index contributed by atoms with van der Waals surface area (Å²) in [6.45, 7) is 2.26. The maximum absolute atomic E-state index is 4.50. The minimum atomic E-state index is 1.00. The smallest absolute Gasteiger partial charge is 0.148 e. The molecule has 1 aliphatic rings. The summed E-state index contributed by atoms with van der Waals surface area (Å²) in [5.74, 6) is 1.03. The topological polar surface area (TPSA) is 29.0 Å². The molecule has 70 valence electrons. The Balaban J connectivity index is 2.18. The molecule has 2 heterocycles. The average Bonchev–Trinajstić information content (AvgIpc) is 2.71. The van der Waals surface area contributed by atoms with Gasteiger partial charge in [0.05, 0.1) is 12.4 Å². The molecule has 1 aromatic heterocycles. The Morgan fingerprint density at radius 3 is 2.77 bits per heavy atom. The summed E-state index contributed by atoms with van der Waals surface area (Å²) >= 11 is 1.64. The number of rotatable bonds is 2. The van der Waals surface area contributed by atoms with Gasteiger partial charge >= 0.3 is 0 Å². The van der Waals surface area contributed by atoms with E-state index in [2.05, 4.69) is 14.9 Å². The van der Waals surface area contributed by atoms with Crippen LogP contribution >= 0.6 is 11.8 Å². The van der Waals surface area contributed by atoms with Crippen molar-refractivity contribution in [3.63, 3.8) is 0 Å². The van der Waals surface area contributed by atoms with Crippen LogP contribution in [0.25, 0.3) is 0 Å². The third-order valence-corrected chi connectivity index (χ3v) is 2.85. The van der Waals surface area contributed by atoms with Gasteiger partial charge in [-0.15, -0.1) is 11.8 Å². The Kier molecular flexibility index (Phi) is 2.68. The Hall–Kier alpha value is -0.770. The van der Waals surface area contributed by atoms with Crippen LogP contribution in [0.5, 0.6) is 0 Å². The molecule has 4 heteroatoms. The minimum Gasteiger partial charge on any atom is -0.355 e. The Bertz CT molecular complexity index is 284. The third kappa shape index (κ3) is 1.94. The number of thioether (sulfide) groups is 1. The lowest BCUT2D eigenvalue weighted by molar-refractivity contribution is 0.899. The van der Waals surface area contributed by atoms with Gasteiger partial charge in [0, 0.05) is 13.1 Å². The second-order valence-corrected chi connectivity index (χ2v) is 3.94. The molecule has 0 saturated carbocycles. The normalized spacial score (nSPS) is 16.5. The summed E-state index contributed by atoms with van der Waals surface area (Å²) in [4.78, 5) is 11.0. The van der Waals surface area contributed by atoms with Crippen molar-refractivity contribution >= 4 is 17.6 Å². The van der Waals surface area contributed by atoms with Crippen LogP contribution in [0, 0.1) is 0 Å². The van der Waals surface area contributed by atoms with E-state index in [4.69, 9.17) is 0 Å². The Morgan fingerprint density at radius 1 is 1.31 bits per heavy atom. The zero-order chi connectivity index (χ0) is 9.10. The molecular formula is C9H13N3S. The van der Waals surface area contributed by atoms with E-state index < -0.39 is 0 Å². The van der Waals surface area contributed by atoms with Crippen molar-refractivity contribution in [2.24, 2.45) is 0 Å². The number of hydrogen-bond donors (Lipinski definition) is 0. The lowest BCUT2D eigenvalue weighted by Gasteiger charge is -2.15. The van der Waals surface area contributed by atoms with Crippen molar-refractivity contribution in [2.45, 2.75) is 17.9 Å². The van der Waals surface area contributed by atoms with E-state index in [1.165, 1.54) is 12.8 Å². The molecule has 0 atom stereocenters. The molecule has 1 fully saturated rings. The lowest BCUT2D eigenvalue weighted by atomic mass is 10.4. The first-order valence-electron chi connectivity index (χ1n) is 4.51. The van der Waals surface area contributed by atoms with Crippen LogP contribution in [-0.4, -0.2) is 29.3 Å². The van der Waals surface area contributed by atoms with E-state index in [0.29, 0.717) is 0 Å². The highest BCUT2D eigenvalue weighted by molar-refractivity contribution is 7.98. The van der Waals surface area contributed by atoms with Gasteiger partial charge in [0.25, 0.3) is 0 Å². The zero-order valence-electron chi connectivity index (χ0n) is 7.73. The molecule has 0 unspecified atom stereocenters. The maximum atomic E-state index is 4.50. The van der Waals surface area contributed by atoms with Crippen LogP contribution in [-0.2, 0) is 0 Å². The molecule has 0 bridgehead atoms. The van der Waals surface area contributed by atoms with Gasteiger partial charge in [-0.1, -0.05) is 0 Å². The van der Waals surface area contributed by atoms with Gasteiger partial charge in [-0.25, -0.2) is 4.98 Å². The predicted molar refractivity (Wildman–Crippen MR) is 55.3 cm³/mol.